The summed E-state index contributed by atoms with van der Waals surface area (Å²) < 4.78 is 0. The lowest BCUT2D eigenvalue weighted by atomic mass is 10.1. The number of nitrogens with zero attached hydrogens (tertiary/aromatic N) is 2. The molecule has 3 rings (SSSR count). The van der Waals surface area contributed by atoms with Crippen molar-refractivity contribution in [2.45, 2.75) is 0 Å². The van der Waals surface area contributed by atoms with E-state index >= 15 is 0 Å². The average molecular weight is 222 g/mol. The van der Waals surface area contributed by atoms with Crippen LogP contribution in [-0.4, -0.2) is 15.1 Å². The fraction of sp³-hybridized carbons (Fsp3) is 0. The summed E-state index contributed by atoms with van der Waals surface area (Å²) in [4.78, 5) is 8.57. The molecule has 0 saturated heterocycles. The Morgan fingerprint density at radius 1 is 0.941 bits per heavy atom. The molecule has 0 amide bonds. The third kappa shape index (κ3) is 1.72. The van der Waals surface area contributed by atoms with Crippen LogP contribution in [0.5, 0.6) is 5.75 Å². The highest BCUT2D eigenvalue weighted by Gasteiger charge is 2.07. The Bertz CT molecular complexity index is 665. The van der Waals surface area contributed by atoms with Crippen LogP contribution in [0, 0.1) is 0 Å². The summed E-state index contributed by atoms with van der Waals surface area (Å²) in [5.74, 6) is 0.178. The van der Waals surface area contributed by atoms with Gasteiger partial charge in [0.15, 0.2) is 5.65 Å². The Labute approximate surface area is 98.4 Å². The molecule has 1 N–H and O–H groups in total. The van der Waals surface area contributed by atoms with Gasteiger partial charge in [0.05, 0.1) is 0 Å². The molecular formula is C14H10N2O. The molecule has 0 bridgehead atoms. The van der Waals surface area contributed by atoms with Crippen molar-refractivity contribution in [2.75, 3.05) is 0 Å². The number of benzene rings is 1. The Hall–Kier alpha value is -2.42. The van der Waals surface area contributed by atoms with Crippen molar-refractivity contribution < 1.29 is 5.11 Å². The van der Waals surface area contributed by atoms with Crippen molar-refractivity contribution in [2.24, 2.45) is 0 Å². The molecule has 82 valence electrons. The zero-order valence-electron chi connectivity index (χ0n) is 9.04. The summed E-state index contributed by atoms with van der Waals surface area (Å²) in [7, 11) is 0. The lowest BCUT2D eigenvalue weighted by molar-refractivity contribution is 0.476. The van der Waals surface area contributed by atoms with E-state index in [4.69, 9.17) is 0 Å². The summed E-state index contributed by atoms with van der Waals surface area (Å²) >= 11 is 0. The number of aromatic nitrogens is 2. The summed E-state index contributed by atoms with van der Waals surface area (Å²) in [5.41, 5.74) is 2.10. The summed E-state index contributed by atoms with van der Waals surface area (Å²) in [5, 5.41) is 10.8. The second kappa shape index (κ2) is 3.87. The molecule has 3 heteroatoms. The Morgan fingerprint density at radius 2 is 1.76 bits per heavy atom. The highest BCUT2D eigenvalue weighted by molar-refractivity contribution is 5.81. The van der Waals surface area contributed by atoms with E-state index in [1.165, 1.54) is 0 Å². The smallest absolute Gasteiger partial charge is 0.160 e. The maximum Gasteiger partial charge on any atom is 0.160 e. The molecule has 3 nitrogen and oxygen atoms in total. The minimum absolute atomic E-state index is 0.178. The fourth-order valence-electron chi connectivity index (χ4n) is 1.80. The number of hydrogen-bond acceptors (Lipinski definition) is 3. The number of rotatable bonds is 1. The molecule has 0 fully saturated rings. The van der Waals surface area contributed by atoms with Gasteiger partial charge in [-0.25, -0.2) is 9.97 Å². The van der Waals surface area contributed by atoms with E-state index in [1.54, 1.807) is 12.3 Å². The molecule has 3 aromatic rings. The van der Waals surface area contributed by atoms with Gasteiger partial charge >= 0.3 is 0 Å². The quantitative estimate of drug-likeness (QED) is 0.688. The molecule has 0 spiro atoms. The molecular weight excluding hydrogens is 212 g/mol. The first-order valence-electron chi connectivity index (χ1n) is 5.35. The van der Waals surface area contributed by atoms with Crippen LogP contribution in [0.4, 0.5) is 0 Å². The Morgan fingerprint density at radius 3 is 2.59 bits per heavy atom. The molecule has 0 aliphatic carbocycles. The fourth-order valence-corrected chi connectivity index (χ4v) is 1.80. The van der Waals surface area contributed by atoms with Crippen LogP contribution in [0.3, 0.4) is 0 Å². The van der Waals surface area contributed by atoms with E-state index in [0.29, 0.717) is 11.3 Å². The molecule has 0 unspecified atom stereocenters. The van der Waals surface area contributed by atoms with Crippen LogP contribution in [0.15, 0.2) is 54.7 Å². The predicted octanol–water partition coefficient (Wildman–Crippen LogP) is 3.00. The molecule has 17 heavy (non-hydrogen) atoms. The SMILES string of the molecule is Oc1cc2cccnc2nc1-c1ccccc1. The van der Waals surface area contributed by atoms with Gasteiger partial charge in [0.1, 0.15) is 11.4 Å². The third-order valence-electron chi connectivity index (χ3n) is 2.62. The summed E-state index contributed by atoms with van der Waals surface area (Å²) in [6, 6.07) is 15.0. The molecule has 2 aromatic heterocycles. The van der Waals surface area contributed by atoms with Crippen molar-refractivity contribution in [3.05, 3.63) is 54.7 Å². The highest BCUT2D eigenvalue weighted by atomic mass is 16.3. The molecule has 0 aliphatic rings. The second-order valence-electron chi connectivity index (χ2n) is 3.77. The lowest BCUT2D eigenvalue weighted by Gasteiger charge is -2.05. The highest BCUT2D eigenvalue weighted by Crippen LogP contribution is 2.29. The molecule has 1 aromatic carbocycles. The van der Waals surface area contributed by atoms with Gasteiger partial charge in [0, 0.05) is 17.1 Å². The third-order valence-corrected chi connectivity index (χ3v) is 2.62. The van der Waals surface area contributed by atoms with Gasteiger partial charge in [0.25, 0.3) is 0 Å². The van der Waals surface area contributed by atoms with Crippen LogP contribution >= 0.6 is 0 Å². The predicted molar refractivity (Wildman–Crippen MR) is 66.6 cm³/mol. The number of hydrogen-bond donors (Lipinski definition) is 1. The van der Waals surface area contributed by atoms with E-state index in [9.17, 15) is 5.11 Å². The molecule has 0 radical (unpaired) electrons. The Balaban J connectivity index is 2.27. The first-order chi connectivity index (χ1) is 8.34. The normalized spacial score (nSPS) is 10.6. The van der Waals surface area contributed by atoms with E-state index in [1.807, 2.05) is 42.5 Å². The molecule has 2 heterocycles. The maximum absolute atomic E-state index is 9.97. The largest absolute Gasteiger partial charge is 0.506 e. The zero-order chi connectivity index (χ0) is 11.7. The van der Waals surface area contributed by atoms with Crippen molar-refractivity contribution in [3.8, 4) is 17.0 Å². The van der Waals surface area contributed by atoms with Crippen LogP contribution in [-0.2, 0) is 0 Å². The number of fused-ring (bicyclic) bond motifs is 1. The number of aromatic hydroxyl groups is 1. The first kappa shape index (κ1) is 9.78. The summed E-state index contributed by atoms with van der Waals surface area (Å²) in [6.07, 6.45) is 1.70. The second-order valence-corrected chi connectivity index (χ2v) is 3.77. The Kier molecular flexibility index (Phi) is 2.22. The van der Waals surface area contributed by atoms with Crippen molar-refractivity contribution >= 4 is 11.0 Å². The van der Waals surface area contributed by atoms with E-state index in [2.05, 4.69) is 9.97 Å². The van der Waals surface area contributed by atoms with Gasteiger partial charge < -0.3 is 5.11 Å². The molecule has 0 aliphatic heterocycles. The molecule has 0 atom stereocenters. The van der Waals surface area contributed by atoms with Gasteiger partial charge in [-0.05, 0) is 18.2 Å². The van der Waals surface area contributed by atoms with Crippen molar-refractivity contribution in [3.63, 3.8) is 0 Å². The van der Waals surface area contributed by atoms with Gasteiger partial charge in [0.2, 0.25) is 0 Å². The van der Waals surface area contributed by atoms with Crippen LogP contribution < -0.4 is 0 Å². The summed E-state index contributed by atoms with van der Waals surface area (Å²) in [6.45, 7) is 0. The minimum Gasteiger partial charge on any atom is -0.506 e. The molecule has 0 saturated carbocycles. The van der Waals surface area contributed by atoms with Gasteiger partial charge in [-0.2, -0.15) is 0 Å². The van der Waals surface area contributed by atoms with Gasteiger partial charge in [-0.3, -0.25) is 0 Å². The monoisotopic (exact) mass is 222 g/mol. The van der Waals surface area contributed by atoms with Crippen LogP contribution in [0.2, 0.25) is 0 Å². The minimum atomic E-state index is 0.178. The maximum atomic E-state index is 9.97. The number of pyridine rings is 2. The first-order valence-corrected chi connectivity index (χ1v) is 5.35. The van der Waals surface area contributed by atoms with Gasteiger partial charge in [-0.1, -0.05) is 30.3 Å². The zero-order valence-corrected chi connectivity index (χ0v) is 9.04. The van der Waals surface area contributed by atoms with E-state index in [0.717, 1.165) is 10.9 Å². The lowest BCUT2D eigenvalue weighted by Crippen LogP contribution is -1.88. The van der Waals surface area contributed by atoms with Crippen LogP contribution in [0.25, 0.3) is 22.3 Å². The van der Waals surface area contributed by atoms with E-state index in [-0.39, 0.29) is 5.75 Å². The average Bonchev–Trinajstić information content (AvgIpc) is 2.39. The van der Waals surface area contributed by atoms with E-state index < -0.39 is 0 Å². The standard InChI is InChI=1S/C14H10N2O/c17-12-9-11-7-4-8-15-14(11)16-13(12)10-5-2-1-3-6-10/h1-9,17H. The van der Waals surface area contributed by atoms with Crippen LogP contribution in [0.1, 0.15) is 0 Å². The van der Waals surface area contributed by atoms with Crippen molar-refractivity contribution in [1.82, 2.24) is 9.97 Å². The topological polar surface area (TPSA) is 46.0 Å². The van der Waals surface area contributed by atoms with Crippen molar-refractivity contribution in [1.29, 1.82) is 0 Å². The van der Waals surface area contributed by atoms with Gasteiger partial charge in [-0.15, -0.1) is 0 Å².